The molecule has 0 radical (unpaired) electrons. The van der Waals surface area contributed by atoms with E-state index < -0.39 is 10.8 Å². The number of hydrogen-bond donors (Lipinski definition) is 1. The summed E-state index contributed by atoms with van der Waals surface area (Å²) in [5.41, 5.74) is 1.13. The molecule has 0 fully saturated rings. The summed E-state index contributed by atoms with van der Waals surface area (Å²) >= 11 is 0. The van der Waals surface area contributed by atoms with Crippen LogP contribution in [0.2, 0.25) is 0 Å². The first kappa shape index (κ1) is 18.4. The molecule has 0 atom stereocenters. The van der Waals surface area contributed by atoms with Gasteiger partial charge in [0.1, 0.15) is 17.9 Å². The molecule has 132 valence electrons. The summed E-state index contributed by atoms with van der Waals surface area (Å²) in [5.74, 6) is 0.229. The van der Waals surface area contributed by atoms with E-state index >= 15 is 0 Å². The lowest BCUT2D eigenvalue weighted by atomic mass is 9.87. The van der Waals surface area contributed by atoms with Gasteiger partial charge in [-0.25, -0.2) is 0 Å². The number of rotatable bonds is 6. The second kappa shape index (κ2) is 7.79. The molecule has 2 aromatic carbocycles. The monoisotopic (exact) mass is 342 g/mol. The molecule has 1 amide bonds. The second-order valence-corrected chi connectivity index (χ2v) is 6.65. The number of nitro groups is 1. The summed E-state index contributed by atoms with van der Waals surface area (Å²) in [7, 11) is 0. The van der Waals surface area contributed by atoms with Crippen LogP contribution in [0.5, 0.6) is 5.75 Å². The Morgan fingerprint density at radius 2 is 1.76 bits per heavy atom. The predicted octanol–water partition coefficient (Wildman–Crippen LogP) is 3.70. The molecule has 0 aliphatic rings. The van der Waals surface area contributed by atoms with Crippen molar-refractivity contribution in [3.8, 4) is 5.75 Å². The zero-order valence-corrected chi connectivity index (χ0v) is 14.6. The number of para-hydroxylation sites is 1. The molecule has 0 aliphatic heterocycles. The van der Waals surface area contributed by atoms with E-state index in [2.05, 4.69) is 26.1 Å². The molecule has 0 unspecified atom stereocenters. The smallest absolute Gasteiger partial charge is 0.282 e. The molecule has 0 saturated carbocycles. The van der Waals surface area contributed by atoms with Gasteiger partial charge >= 0.3 is 0 Å². The van der Waals surface area contributed by atoms with Crippen molar-refractivity contribution in [2.45, 2.75) is 26.2 Å². The van der Waals surface area contributed by atoms with Crippen molar-refractivity contribution in [2.24, 2.45) is 0 Å². The van der Waals surface area contributed by atoms with Crippen molar-refractivity contribution < 1.29 is 14.5 Å². The standard InChI is InChI=1S/C19H22N2O4/c1-19(2,3)14-8-10-15(11-9-14)25-13-12-20-18(22)16-6-4-5-7-17(16)21(23)24/h4-11H,12-13H2,1-3H3,(H,20,22). The van der Waals surface area contributed by atoms with Crippen LogP contribution >= 0.6 is 0 Å². The van der Waals surface area contributed by atoms with Gasteiger partial charge in [-0.15, -0.1) is 0 Å². The van der Waals surface area contributed by atoms with E-state index in [0.717, 1.165) is 0 Å². The van der Waals surface area contributed by atoms with Crippen LogP contribution in [0.1, 0.15) is 36.7 Å². The van der Waals surface area contributed by atoms with E-state index in [1.807, 2.05) is 24.3 Å². The first-order valence-corrected chi connectivity index (χ1v) is 8.04. The number of carbonyl (C=O) groups excluding carboxylic acids is 1. The Bertz CT molecular complexity index is 749. The fourth-order valence-electron chi connectivity index (χ4n) is 2.30. The Morgan fingerprint density at radius 3 is 2.36 bits per heavy atom. The third kappa shape index (κ3) is 5.04. The minimum Gasteiger partial charge on any atom is -0.492 e. The Labute approximate surface area is 147 Å². The lowest BCUT2D eigenvalue weighted by Crippen LogP contribution is -2.28. The van der Waals surface area contributed by atoms with Crippen molar-refractivity contribution in [1.82, 2.24) is 5.32 Å². The van der Waals surface area contributed by atoms with Crippen LogP contribution in [0.25, 0.3) is 0 Å². The van der Waals surface area contributed by atoms with Crippen molar-refractivity contribution in [3.63, 3.8) is 0 Å². The number of hydrogen-bond acceptors (Lipinski definition) is 4. The molecule has 2 aromatic rings. The molecule has 0 aliphatic carbocycles. The van der Waals surface area contributed by atoms with Crippen LogP contribution in [0.3, 0.4) is 0 Å². The molecule has 1 N–H and O–H groups in total. The van der Waals surface area contributed by atoms with Crippen LogP contribution in [0.4, 0.5) is 5.69 Å². The molecular weight excluding hydrogens is 320 g/mol. The van der Waals surface area contributed by atoms with Crippen LogP contribution < -0.4 is 10.1 Å². The number of benzene rings is 2. The van der Waals surface area contributed by atoms with Crippen LogP contribution in [0.15, 0.2) is 48.5 Å². The van der Waals surface area contributed by atoms with Crippen LogP contribution in [-0.4, -0.2) is 24.0 Å². The van der Waals surface area contributed by atoms with Crippen molar-refractivity contribution in [1.29, 1.82) is 0 Å². The maximum Gasteiger partial charge on any atom is 0.282 e. The quantitative estimate of drug-likeness (QED) is 0.493. The summed E-state index contributed by atoms with van der Waals surface area (Å²) < 4.78 is 5.59. The van der Waals surface area contributed by atoms with E-state index in [-0.39, 0.29) is 29.8 Å². The molecule has 2 rings (SSSR count). The number of carbonyl (C=O) groups is 1. The molecule has 0 aromatic heterocycles. The van der Waals surface area contributed by atoms with Gasteiger partial charge in [0.2, 0.25) is 0 Å². The van der Waals surface area contributed by atoms with E-state index in [1.54, 1.807) is 6.07 Å². The summed E-state index contributed by atoms with van der Waals surface area (Å²) in [4.78, 5) is 22.4. The molecule has 0 heterocycles. The van der Waals surface area contributed by atoms with Gasteiger partial charge in [-0.2, -0.15) is 0 Å². The summed E-state index contributed by atoms with van der Waals surface area (Å²) in [6.07, 6.45) is 0. The normalized spacial score (nSPS) is 11.0. The highest BCUT2D eigenvalue weighted by atomic mass is 16.6. The highest BCUT2D eigenvalue weighted by Crippen LogP contribution is 2.24. The van der Waals surface area contributed by atoms with Gasteiger partial charge in [0, 0.05) is 6.07 Å². The van der Waals surface area contributed by atoms with Gasteiger partial charge in [0.15, 0.2) is 0 Å². The molecular formula is C19H22N2O4. The first-order chi connectivity index (χ1) is 11.8. The predicted molar refractivity (Wildman–Crippen MR) is 96.1 cm³/mol. The number of nitro benzene ring substituents is 1. The second-order valence-electron chi connectivity index (χ2n) is 6.65. The van der Waals surface area contributed by atoms with Gasteiger partial charge in [0.05, 0.1) is 11.5 Å². The fourth-order valence-corrected chi connectivity index (χ4v) is 2.30. The topological polar surface area (TPSA) is 81.5 Å². The Hall–Kier alpha value is -2.89. The number of nitrogens with one attached hydrogen (secondary N) is 1. The van der Waals surface area contributed by atoms with Gasteiger partial charge in [-0.1, -0.05) is 45.0 Å². The van der Waals surface area contributed by atoms with E-state index in [1.165, 1.54) is 23.8 Å². The number of nitrogens with zero attached hydrogens (tertiary/aromatic N) is 1. The SMILES string of the molecule is CC(C)(C)c1ccc(OCCNC(=O)c2ccccc2[N+](=O)[O-])cc1. The zero-order valence-electron chi connectivity index (χ0n) is 14.6. The molecule has 25 heavy (non-hydrogen) atoms. The van der Waals surface area contributed by atoms with Gasteiger partial charge in [0.25, 0.3) is 11.6 Å². The Balaban J connectivity index is 1.85. The number of amides is 1. The number of ether oxygens (including phenoxy) is 1. The maximum atomic E-state index is 12.1. The average Bonchev–Trinajstić information content (AvgIpc) is 2.58. The molecule has 6 nitrogen and oxygen atoms in total. The molecule has 6 heteroatoms. The summed E-state index contributed by atoms with van der Waals surface area (Å²) in [5, 5.41) is 13.6. The summed E-state index contributed by atoms with van der Waals surface area (Å²) in [6.45, 7) is 6.95. The van der Waals surface area contributed by atoms with Crippen molar-refractivity contribution in [2.75, 3.05) is 13.2 Å². The fraction of sp³-hybridized carbons (Fsp3) is 0.316. The highest BCUT2D eigenvalue weighted by Gasteiger charge is 2.18. The van der Waals surface area contributed by atoms with Crippen LogP contribution in [0, 0.1) is 10.1 Å². The van der Waals surface area contributed by atoms with Crippen molar-refractivity contribution >= 4 is 11.6 Å². The average molecular weight is 342 g/mol. The Morgan fingerprint density at radius 1 is 1.12 bits per heavy atom. The zero-order chi connectivity index (χ0) is 18.4. The van der Waals surface area contributed by atoms with E-state index in [9.17, 15) is 14.9 Å². The minimum absolute atomic E-state index is 0.0435. The first-order valence-electron chi connectivity index (χ1n) is 8.04. The molecule has 0 saturated heterocycles. The van der Waals surface area contributed by atoms with Gasteiger partial charge in [-0.3, -0.25) is 14.9 Å². The third-order valence-corrected chi connectivity index (χ3v) is 3.72. The van der Waals surface area contributed by atoms with Crippen LogP contribution in [-0.2, 0) is 5.41 Å². The third-order valence-electron chi connectivity index (χ3n) is 3.72. The Kier molecular flexibility index (Phi) is 5.75. The largest absolute Gasteiger partial charge is 0.492 e. The van der Waals surface area contributed by atoms with Gasteiger partial charge < -0.3 is 10.1 Å². The summed E-state index contributed by atoms with van der Waals surface area (Å²) in [6, 6.07) is 13.7. The molecule has 0 bridgehead atoms. The lowest BCUT2D eigenvalue weighted by molar-refractivity contribution is -0.385. The van der Waals surface area contributed by atoms with E-state index in [4.69, 9.17) is 4.74 Å². The maximum absolute atomic E-state index is 12.1. The molecule has 0 spiro atoms. The minimum atomic E-state index is -0.567. The van der Waals surface area contributed by atoms with E-state index in [0.29, 0.717) is 5.75 Å². The van der Waals surface area contributed by atoms with Gasteiger partial charge in [-0.05, 0) is 29.2 Å². The lowest BCUT2D eigenvalue weighted by Gasteiger charge is -2.19. The van der Waals surface area contributed by atoms with Crippen molar-refractivity contribution in [3.05, 3.63) is 69.8 Å². The highest BCUT2D eigenvalue weighted by molar-refractivity contribution is 5.98.